The average Bonchev–Trinajstić information content (AvgIpc) is 2.81. The highest BCUT2D eigenvalue weighted by Crippen LogP contribution is 2.55. The van der Waals surface area contributed by atoms with E-state index < -0.39 is 0 Å². The summed E-state index contributed by atoms with van der Waals surface area (Å²) >= 11 is 0. The lowest BCUT2D eigenvalue weighted by molar-refractivity contribution is 0.337. The van der Waals surface area contributed by atoms with Crippen molar-refractivity contribution >= 4 is 0 Å². The Morgan fingerprint density at radius 3 is 2.72 bits per heavy atom. The first-order valence-corrected chi connectivity index (χ1v) is 7.54. The molecule has 2 aliphatic carbocycles. The first kappa shape index (κ1) is 12.2. The number of fused-ring (bicyclic) bond motifs is 1. The van der Waals surface area contributed by atoms with E-state index in [1.165, 1.54) is 24.8 Å². The van der Waals surface area contributed by atoms with Crippen LogP contribution in [0.15, 0.2) is 12.4 Å². The molecule has 0 bridgehead atoms. The minimum Gasteiger partial charge on any atom is -0.314 e. The maximum absolute atomic E-state index is 4.39. The lowest BCUT2D eigenvalue weighted by atomic mass is 9.90. The minimum atomic E-state index is 0.664. The summed E-state index contributed by atoms with van der Waals surface area (Å²) in [6.45, 7) is 6.42. The van der Waals surface area contributed by atoms with Gasteiger partial charge in [0.05, 0.1) is 6.20 Å². The van der Waals surface area contributed by atoms with Crippen molar-refractivity contribution < 1.29 is 0 Å². The first-order valence-electron chi connectivity index (χ1n) is 7.54. The van der Waals surface area contributed by atoms with Crippen molar-refractivity contribution in [3.8, 4) is 0 Å². The fourth-order valence-corrected chi connectivity index (χ4v) is 3.70. The van der Waals surface area contributed by atoms with Gasteiger partial charge in [-0.25, -0.2) is 0 Å². The van der Waals surface area contributed by atoms with Crippen LogP contribution in [0, 0.1) is 17.8 Å². The van der Waals surface area contributed by atoms with Crippen LogP contribution < -0.4 is 5.32 Å². The van der Waals surface area contributed by atoms with Gasteiger partial charge in [-0.1, -0.05) is 6.92 Å². The molecule has 1 N–H and O–H groups in total. The van der Waals surface area contributed by atoms with E-state index in [9.17, 15) is 0 Å². The van der Waals surface area contributed by atoms with Crippen molar-refractivity contribution in [1.82, 2.24) is 15.1 Å². The van der Waals surface area contributed by atoms with E-state index in [4.69, 9.17) is 0 Å². The maximum atomic E-state index is 4.39. The summed E-state index contributed by atoms with van der Waals surface area (Å²) in [5.41, 5.74) is 1.39. The third-order valence-corrected chi connectivity index (χ3v) is 4.78. The molecule has 3 atom stereocenters. The van der Waals surface area contributed by atoms with Crippen molar-refractivity contribution in [2.45, 2.75) is 52.1 Å². The van der Waals surface area contributed by atoms with Gasteiger partial charge in [0, 0.05) is 18.8 Å². The van der Waals surface area contributed by atoms with Crippen LogP contribution in [0.25, 0.3) is 0 Å². The van der Waals surface area contributed by atoms with Gasteiger partial charge >= 0.3 is 0 Å². The number of nitrogens with one attached hydrogen (secondary N) is 1. The molecule has 0 spiro atoms. The Labute approximate surface area is 110 Å². The van der Waals surface area contributed by atoms with Crippen molar-refractivity contribution in [1.29, 1.82) is 0 Å². The SMILES string of the molecule is CCNC(Cc1cnn(CC)c1)C1CC2CC2C1. The van der Waals surface area contributed by atoms with Crippen LogP contribution in [0.3, 0.4) is 0 Å². The van der Waals surface area contributed by atoms with E-state index in [0.29, 0.717) is 6.04 Å². The number of likely N-dealkylation sites (N-methyl/N-ethyl adjacent to an activating group) is 1. The summed E-state index contributed by atoms with van der Waals surface area (Å²) < 4.78 is 2.03. The molecule has 1 aromatic heterocycles. The molecule has 0 aliphatic heterocycles. The van der Waals surface area contributed by atoms with Gasteiger partial charge in [-0.05, 0) is 62.5 Å². The molecule has 2 fully saturated rings. The van der Waals surface area contributed by atoms with Gasteiger partial charge < -0.3 is 5.32 Å². The quantitative estimate of drug-likeness (QED) is 0.837. The summed E-state index contributed by atoms with van der Waals surface area (Å²) in [7, 11) is 0. The fraction of sp³-hybridized carbons (Fsp3) is 0.800. The first-order chi connectivity index (χ1) is 8.80. The molecule has 100 valence electrons. The fourth-order valence-electron chi connectivity index (χ4n) is 3.70. The van der Waals surface area contributed by atoms with Crippen LogP contribution in [-0.4, -0.2) is 22.4 Å². The van der Waals surface area contributed by atoms with E-state index >= 15 is 0 Å². The van der Waals surface area contributed by atoms with E-state index in [-0.39, 0.29) is 0 Å². The average molecular weight is 247 g/mol. The summed E-state index contributed by atoms with van der Waals surface area (Å²) in [6, 6.07) is 0.664. The standard InChI is InChI=1S/C15H25N3/c1-3-16-15(14-7-12-6-13(12)8-14)5-11-9-17-18(4-2)10-11/h9-10,12-16H,3-8H2,1-2H3. The molecule has 2 saturated carbocycles. The van der Waals surface area contributed by atoms with Crippen LogP contribution in [0.4, 0.5) is 0 Å². The summed E-state index contributed by atoms with van der Waals surface area (Å²) in [5.74, 6) is 3.06. The van der Waals surface area contributed by atoms with E-state index in [2.05, 4.69) is 30.5 Å². The highest BCUT2D eigenvalue weighted by Gasteiger charge is 2.47. The Hall–Kier alpha value is -0.830. The molecule has 0 saturated heterocycles. The van der Waals surface area contributed by atoms with E-state index in [0.717, 1.165) is 37.3 Å². The molecule has 0 radical (unpaired) electrons. The number of rotatable bonds is 6. The highest BCUT2D eigenvalue weighted by atomic mass is 15.3. The highest BCUT2D eigenvalue weighted by molar-refractivity contribution is 5.09. The third-order valence-electron chi connectivity index (χ3n) is 4.78. The molecule has 0 aromatic carbocycles. The zero-order chi connectivity index (χ0) is 12.5. The summed E-state index contributed by atoms with van der Waals surface area (Å²) in [6.07, 6.45) is 9.85. The van der Waals surface area contributed by atoms with Crippen molar-refractivity contribution in [2.24, 2.45) is 17.8 Å². The van der Waals surface area contributed by atoms with Gasteiger partial charge in [0.2, 0.25) is 0 Å². The van der Waals surface area contributed by atoms with Crippen LogP contribution in [0.5, 0.6) is 0 Å². The molecule has 18 heavy (non-hydrogen) atoms. The number of aryl methyl sites for hydroxylation is 1. The molecule has 3 nitrogen and oxygen atoms in total. The van der Waals surface area contributed by atoms with E-state index in [1.807, 2.05) is 10.9 Å². The van der Waals surface area contributed by atoms with Gasteiger partial charge in [0.25, 0.3) is 0 Å². The second-order valence-electron chi connectivity index (χ2n) is 6.06. The van der Waals surface area contributed by atoms with Crippen LogP contribution in [0.1, 0.15) is 38.7 Å². The van der Waals surface area contributed by atoms with Crippen LogP contribution in [0.2, 0.25) is 0 Å². The molecule has 3 heteroatoms. The minimum absolute atomic E-state index is 0.664. The third kappa shape index (κ3) is 2.46. The molecule has 3 rings (SSSR count). The predicted molar refractivity (Wildman–Crippen MR) is 73.4 cm³/mol. The Morgan fingerprint density at radius 2 is 2.11 bits per heavy atom. The monoisotopic (exact) mass is 247 g/mol. The van der Waals surface area contributed by atoms with Crippen molar-refractivity contribution in [2.75, 3.05) is 6.54 Å². The predicted octanol–water partition coefficient (Wildman–Crippen LogP) is 2.47. The normalized spacial score (nSPS) is 31.3. The molecular weight excluding hydrogens is 222 g/mol. The molecule has 2 aliphatic rings. The second kappa shape index (κ2) is 5.04. The topological polar surface area (TPSA) is 29.9 Å². The van der Waals surface area contributed by atoms with Gasteiger partial charge in [0.15, 0.2) is 0 Å². The van der Waals surface area contributed by atoms with Gasteiger partial charge in [-0.2, -0.15) is 5.10 Å². The summed E-state index contributed by atoms with van der Waals surface area (Å²) in [4.78, 5) is 0. The smallest absolute Gasteiger partial charge is 0.0522 e. The molecule has 1 aromatic rings. The van der Waals surface area contributed by atoms with E-state index in [1.54, 1.807) is 0 Å². The van der Waals surface area contributed by atoms with Gasteiger partial charge in [-0.15, -0.1) is 0 Å². The zero-order valence-electron chi connectivity index (χ0n) is 11.6. The number of aromatic nitrogens is 2. The largest absolute Gasteiger partial charge is 0.314 e. The van der Waals surface area contributed by atoms with Crippen molar-refractivity contribution in [3.05, 3.63) is 18.0 Å². The Bertz CT molecular complexity index is 388. The summed E-state index contributed by atoms with van der Waals surface area (Å²) in [5, 5.41) is 8.09. The second-order valence-corrected chi connectivity index (χ2v) is 6.06. The van der Waals surface area contributed by atoms with Crippen LogP contribution in [-0.2, 0) is 13.0 Å². The number of hydrogen-bond donors (Lipinski definition) is 1. The maximum Gasteiger partial charge on any atom is 0.0522 e. The molecule has 3 unspecified atom stereocenters. The number of hydrogen-bond acceptors (Lipinski definition) is 2. The number of nitrogens with zero attached hydrogens (tertiary/aromatic N) is 2. The molecule has 1 heterocycles. The van der Waals surface area contributed by atoms with Crippen molar-refractivity contribution in [3.63, 3.8) is 0 Å². The zero-order valence-corrected chi connectivity index (χ0v) is 11.6. The van der Waals surface area contributed by atoms with Crippen LogP contribution >= 0.6 is 0 Å². The Kier molecular flexibility index (Phi) is 3.42. The Morgan fingerprint density at radius 1 is 1.33 bits per heavy atom. The Balaban J connectivity index is 1.62. The lowest BCUT2D eigenvalue weighted by Crippen LogP contribution is -2.37. The molecule has 0 amide bonds. The van der Waals surface area contributed by atoms with Gasteiger partial charge in [-0.3, -0.25) is 4.68 Å². The molecular formula is C15H25N3. The lowest BCUT2D eigenvalue weighted by Gasteiger charge is -2.25. The van der Waals surface area contributed by atoms with Gasteiger partial charge in [0.1, 0.15) is 0 Å².